The van der Waals surface area contributed by atoms with Gasteiger partial charge in [-0.05, 0) is 32.9 Å². The first-order valence-electron chi connectivity index (χ1n) is 7.01. The summed E-state index contributed by atoms with van der Waals surface area (Å²) >= 11 is 1.25. The molecule has 1 atom stereocenters. The van der Waals surface area contributed by atoms with Crippen LogP contribution >= 0.6 is 11.3 Å². The van der Waals surface area contributed by atoms with E-state index in [4.69, 9.17) is 9.47 Å². The van der Waals surface area contributed by atoms with Gasteiger partial charge < -0.3 is 14.8 Å². The van der Waals surface area contributed by atoms with E-state index in [2.05, 4.69) is 10.3 Å². The van der Waals surface area contributed by atoms with Gasteiger partial charge in [0.05, 0.1) is 23.5 Å². The molecule has 0 bridgehead atoms. The lowest BCUT2D eigenvalue weighted by Gasteiger charge is -2.14. The maximum absolute atomic E-state index is 12.2. The molecule has 122 valence electrons. The molecule has 0 aliphatic rings. The number of methoxy groups -OCH3 is 1. The molecule has 2 aromatic rings. The number of nitrogens with one attached hydrogen (secondary N) is 1. The molecule has 0 saturated heterocycles. The topological polar surface area (TPSA) is 77.5 Å². The molecule has 0 fully saturated rings. The second-order valence-electron chi connectivity index (χ2n) is 4.88. The molecular weight excluding hydrogens is 316 g/mol. The predicted octanol–water partition coefficient (Wildman–Crippen LogP) is 2.95. The first-order chi connectivity index (χ1) is 10.9. The van der Waals surface area contributed by atoms with Gasteiger partial charge in [-0.15, -0.1) is 11.3 Å². The third-order valence-electron chi connectivity index (χ3n) is 3.11. The molecule has 1 aromatic heterocycles. The van der Waals surface area contributed by atoms with Gasteiger partial charge in [-0.2, -0.15) is 0 Å². The number of carbonyl (C=O) groups excluding carboxylic acids is 2. The summed E-state index contributed by atoms with van der Waals surface area (Å²) in [7, 11) is 1.52. The molecule has 0 spiro atoms. The normalized spacial score (nSPS) is 11.7. The molecule has 0 saturated carbocycles. The van der Waals surface area contributed by atoms with E-state index in [0.29, 0.717) is 22.0 Å². The third-order valence-corrected chi connectivity index (χ3v) is 4.16. The Labute approximate surface area is 138 Å². The third kappa shape index (κ3) is 4.07. The van der Waals surface area contributed by atoms with E-state index in [-0.39, 0.29) is 0 Å². The minimum atomic E-state index is -0.936. The number of ether oxygens (including phenoxy) is 2. The Hall–Kier alpha value is -2.41. The van der Waals surface area contributed by atoms with Crippen LogP contribution in [0.1, 0.15) is 27.3 Å². The lowest BCUT2D eigenvalue weighted by molar-refractivity contribution is -0.123. The van der Waals surface area contributed by atoms with E-state index in [1.807, 2.05) is 6.92 Å². The first-order valence-corrected chi connectivity index (χ1v) is 7.83. The number of amides is 1. The van der Waals surface area contributed by atoms with Gasteiger partial charge in [-0.1, -0.05) is 12.1 Å². The molecule has 1 N–H and O–H groups in total. The van der Waals surface area contributed by atoms with Crippen LogP contribution in [0, 0.1) is 13.8 Å². The number of thiazole rings is 1. The fraction of sp³-hybridized carbons (Fsp3) is 0.312. The van der Waals surface area contributed by atoms with Gasteiger partial charge >= 0.3 is 5.97 Å². The number of esters is 1. The summed E-state index contributed by atoms with van der Waals surface area (Å²) in [5, 5.41) is 3.46. The van der Waals surface area contributed by atoms with E-state index in [1.54, 1.807) is 31.2 Å². The zero-order valence-corrected chi connectivity index (χ0v) is 14.2. The smallest absolute Gasteiger partial charge is 0.351 e. The van der Waals surface area contributed by atoms with Crippen molar-refractivity contribution in [2.45, 2.75) is 26.9 Å². The van der Waals surface area contributed by atoms with Crippen molar-refractivity contribution in [2.75, 3.05) is 12.4 Å². The molecule has 6 nitrogen and oxygen atoms in total. The molecule has 0 aliphatic carbocycles. The summed E-state index contributed by atoms with van der Waals surface area (Å²) in [5.41, 5.74) is 1.13. The monoisotopic (exact) mass is 334 g/mol. The lowest BCUT2D eigenvalue weighted by Crippen LogP contribution is -2.30. The number of aryl methyl sites for hydroxylation is 2. The van der Waals surface area contributed by atoms with Gasteiger partial charge in [0.15, 0.2) is 6.10 Å². The van der Waals surface area contributed by atoms with Crippen molar-refractivity contribution in [1.82, 2.24) is 4.98 Å². The number of para-hydroxylation sites is 2. The van der Waals surface area contributed by atoms with Crippen molar-refractivity contribution in [2.24, 2.45) is 0 Å². The highest BCUT2D eigenvalue weighted by Crippen LogP contribution is 2.23. The summed E-state index contributed by atoms with van der Waals surface area (Å²) in [6.45, 7) is 5.07. The molecule has 0 radical (unpaired) electrons. The summed E-state index contributed by atoms with van der Waals surface area (Å²) in [5.74, 6) is -0.439. The minimum absolute atomic E-state index is 0.416. The summed E-state index contributed by atoms with van der Waals surface area (Å²) < 4.78 is 10.4. The number of anilines is 1. The molecule has 7 heteroatoms. The largest absolute Gasteiger partial charge is 0.495 e. The van der Waals surface area contributed by atoms with Crippen molar-refractivity contribution >= 4 is 28.9 Å². The first kappa shape index (κ1) is 17.0. The lowest BCUT2D eigenvalue weighted by atomic mass is 10.2. The quantitative estimate of drug-likeness (QED) is 0.851. The maximum atomic E-state index is 12.2. The number of hydrogen-bond donors (Lipinski definition) is 1. The van der Waals surface area contributed by atoms with Crippen LogP contribution in [0.4, 0.5) is 5.69 Å². The van der Waals surface area contributed by atoms with Crippen molar-refractivity contribution in [3.63, 3.8) is 0 Å². The van der Waals surface area contributed by atoms with E-state index >= 15 is 0 Å². The van der Waals surface area contributed by atoms with Gasteiger partial charge in [0.25, 0.3) is 5.91 Å². The molecule has 23 heavy (non-hydrogen) atoms. The van der Waals surface area contributed by atoms with Crippen LogP contribution in [0.25, 0.3) is 0 Å². The van der Waals surface area contributed by atoms with Crippen molar-refractivity contribution in [1.29, 1.82) is 0 Å². The number of carbonyl (C=O) groups is 2. The van der Waals surface area contributed by atoms with Crippen molar-refractivity contribution < 1.29 is 19.1 Å². The van der Waals surface area contributed by atoms with Crippen LogP contribution in [0.5, 0.6) is 5.75 Å². The Morgan fingerprint density at radius 2 is 1.96 bits per heavy atom. The minimum Gasteiger partial charge on any atom is -0.495 e. The average Bonchev–Trinajstić information content (AvgIpc) is 2.86. The van der Waals surface area contributed by atoms with E-state index in [9.17, 15) is 9.59 Å². The number of hydrogen-bond acceptors (Lipinski definition) is 6. The number of nitrogens with zero attached hydrogens (tertiary/aromatic N) is 1. The highest BCUT2D eigenvalue weighted by atomic mass is 32.1. The number of aromatic nitrogens is 1. The molecule has 2 rings (SSSR count). The highest BCUT2D eigenvalue weighted by molar-refractivity contribution is 7.13. The molecule has 1 aromatic carbocycles. The summed E-state index contributed by atoms with van der Waals surface area (Å²) in [4.78, 5) is 28.9. The Kier molecular flexibility index (Phi) is 5.33. The van der Waals surface area contributed by atoms with Crippen LogP contribution in [0.2, 0.25) is 0 Å². The van der Waals surface area contributed by atoms with Crippen LogP contribution in [-0.2, 0) is 9.53 Å². The molecular formula is C16H18N2O4S. The Morgan fingerprint density at radius 3 is 2.57 bits per heavy atom. The van der Waals surface area contributed by atoms with Gasteiger partial charge in [0, 0.05) is 0 Å². The van der Waals surface area contributed by atoms with E-state index in [1.165, 1.54) is 25.4 Å². The standard InChI is InChI=1S/C16H18N2O4S/c1-9-14(23-11(3)17-9)16(20)22-10(2)15(19)18-12-7-5-6-8-13(12)21-4/h5-8,10H,1-4H3,(H,18,19)/t10-/m0/s1. The van der Waals surface area contributed by atoms with Crippen LogP contribution < -0.4 is 10.1 Å². The molecule has 1 heterocycles. The van der Waals surface area contributed by atoms with Crippen molar-refractivity contribution in [3.8, 4) is 5.75 Å². The zero-order valence-electron chi connectivity index (χ0n) is 13.4. The second-order valence-corrected chi connectivity index (χ2v) is 6.09. The molecule has 1 amide bonds. The Morgan fingerprint density at radius 1 is 1.26 bits per heavy atom. The van der Waals surface area contributed by atoms with Crippen molar-refractivity contribution in [3.05, 3.63) is 39.8 Å². The van der Waals surface area contributed by atoms with Gasteiger partial charge in [0.2, 0.25) is 0 Å². The molecule has 0 aliphatic heterocycles. The highest BCUT2D eigenvalue weighted by Gasteiger charge is 2.22. The summed E-state index contributed by atoms with van der Waals surface area (Å²) in [6.07, 6.45) is -0.936. The average molecular weight is 334 g/mol. The van der Waals surface area contributed by atoms with Gasteiger partial charge in [0.1, 0.15) is 10.6 Å². The number of benzene rings is 1. The van der Waals surface area contributed by atoms with Crippen LogP contribution in [0.15, 0.2) is 24.3 Å². The van der Waals surface area contributed by atoms with Crippen LogP contribution in [0.3, 0.4) is 0 Å². The Bertz CT molecular complexity index is 727. The fourth-order valence-electron chi connectivity index (χ4n) is 1.97. The van der Waals surface area contributed by atoms with E-state index in [0.717, 1.165) is 5.01 Å². The molecule has 0 unspecified atom stereocenters. The van der Waals surface area contributed by atoms with Crippen LogP contribution in [-0.4, -0.2) is 30.1 Å². The zero-order chi connectivity index (χ0) is 17.0. The van der Waals surface area contributed by atoms with Gasteiger partial charge in [-0.25, -0.2) is 9.78 Å². The van der Waals surface area contributed by atoms with E-state index < -0.39 is 18.0 Å². The maximum Gasteiger partial charge on any atom is 0.351 e. The summed E-state index contributed by atoms with van der Waals surface area (Å²) in [6, 6.07) is 7.02. The Balaban J connectivity index is 2.02. The SMILES string of the molecule is COc1ccccc1NC(=O)[C@H](C)OC(=O)c1sc(C)nc1C. The fourth-order valence-corrected chi connectivity index (χ4v) is 2.77. The van der Waals surface area contributed by atoms with Gasteiger partial charge in [-0.3, -0.25) is 4.79 Å². The predicted molar refractivity (Wildman–Crippen MR) is 88.1 cm³/mol. The second kappa shape index (κ2) is 7.23. The number of rotatable bonds is 5.